The second kappa shape index (κ2) is 18.3. The van der Waals surface area contributed by atoms with Gasteiger partial charge in [0.1, 0.15) is 23.8 Å². The number of ketones is 1. The average Bonchev–Trinajstić information content (AvgIpc) is 3.52. The molecule has 3 aliphatic rings. The highest BCUT2D eigenvalue weighted by Gasteiger charge is 2.51. The molecule has 0 aromatic carbocycles. The van der Waals surface area contributed by atoms with Gasteiger partial charge in [-0.25, -0.2) is 10.5 Å². The van der Waals surface area contributed by atoms with Crippen molar-refractivity contribution in [1.82, 2.24) is 36.3 Å². The van der Waals surface area contributed by atoms with Gasteiger partial charge in [-0.2, -0.15) is 0 Å². The highest BCUT2D eigenvalue weighted by Crippen LogP contribution is 2.41. The van der Waals surface area contributed by atoms with E-state index in [-0.39, 0.29) is 42.5 Å². The Hall–Kier alpha value is -4.20. The predicted molar refractivity (Wildman–Crippen MR) is 188 cm³/mol. The highest BCUT2D eigenvalue weighted by molar-refractivity contribution is 6.38. The number of nitrogens with one attached hydrogen (secondary N) is 4. The largest absolute Gasteiger partial charge is 0.344 e. The molecule has 1 aliphatic heterocycles. The summed E-state index contributed by atoms with van der Waals surface area (Å²) in [6.45, 7) is 10.9. The molecule has 2 saturated carbocycles. The quantitative estimate of drug-likeness (QED) is 0.0919. The number of aromatic nitrogens is 2. The molecule has 1 unspecified atom stereocenters. The molecule has 14 nitrogen and oxygen atoms in total. The van der Waals surface area contributed by atoms with Gasteiger partial charge in [-0.15, -0.1) is 6.58 Å². The van der Waals surface area contributed by atoms with E-state index in [2.05, 4.69) is 38.0 Å². The third kappa shape index (κ3) is 10.2. The van der Waals surface area contributed by atoms with E-state index in [1.54, 1.807) is 4.90 Å². The monoisotopic (exact) mass is 709 g/mol. The zero-order chi connectivity index (χ0) is 37.1. The fourth-order valence-corrected chi connectivity index (χ4v) is 7.74. The van der Waals surface area contributed by atoms with Crippen LogP contribution in [0.1, 0.15) is 115 Å². The molecular formula is C37H55N7O7. The minimum absolute atomic E-state index is 0.00666. The maximum Gasteiger partial charge on any atom is 0.313 e. The molecule has 2 aliphatic carbocycles. The van der Waals surface area contributed by atoms with Crippen LogP contribution in [-0.4, -0.2) is 87.0 Å². The van der Waals surface area contributed by atoms with Crippen LogP contribution in [0, 0.1) is 17.3 Å². The standard InChI is InChI=1S/C37H55N7O7/c1-6-13-25(30(45)35(49)43-51-20-7-2)40-33(47)28-21-24-16-11-12-17-27(24)44(28)36(50)31(37(3,4)5)42-34(48)29(23-14-9-8-10-15-23)41-32(46)26-22-38-18-19-39-26/h7,18-19,22-25,27-29,31H,2,6,8-17,20-21H2,1,3-5H3,(H,40,47)(H,41,46)(H,42,48)(H,43,49)/t24-,25?,27-,28-,29-,31+/m0/s1. The van der Waals surface area contributed by atoms with E-state index in [4.69, 9.17) is 4.84 Å². The molecule has 0 bridgehead atoms. The van der Waals surface area contributed by atoms with Crippen molar-refractivity contribution < 1.29 is 33.6 Å². The zero-order valence-corrected chi connectivity index (χ0v) is 30.4. The van der Waals surface area contributed by atoms with Crippen LogP contribution in [0.25, 0.3) is 0 Å². The summed E-state index contributed by atoms with van der Waals surface area (Å²) in [5, 5.41) is 8.69. The molecule has 1 aromatic heterocycles. The molecule has 14 heteroatoms. The van der Waals surface area contributed by atoms with Crippen molar-refractivity contribution in [3.63, 3.8) is 0 Å². The van der Waals surface area contributed by atoms with Crippen LogP contribution in [-0.2, 0) is 28.8 Å². The van der Waals surface area contributed by atoms with Crippen LogP contribution in [0.3, 0.4) is 0 Å². The van der Waals surface area contributed by atoms with E-state index in [0.29, 0.717) is 19.3 Å². The Morgan fingerprint density at radius 1 is 0.980 bits per heavy atom. The number of fused-ring (bicyclic) bond motifs is 1. The summed E-state index contributed by atoms with van der Waals surface area (Å²) in [5.74, 6) is -3.78. The van der Waals surface area contributed by atoms with E-state index < -0.39 is 59.0 Å². The molecule has 5 amide bonds. The first kappa shape index (κ1) is 39.6. The van der Waals surface area contributed by atoms with Gasteiger partial charge in [0.25, 0.3) is 5.91 Å². The first-order valence-corrected chi connectivity index (χ1v) is 18.4. The lowest BCUT2D eigenvalue weighted by Gasteiger charge is -2.40. The van der Waals surface area contributed by atoms with Crippen LogP contribution in [0.5, 0.6) is 0 Å². The number of hydroxylamine groups is 1. The number of likely N-dealkylation sites (tertiary alicyclic amines) is 1. The van der Waals surface area contributed by atoms with Gasteiger partial charge in [0.15, 0.2) is 0 Å². The molecule has 4 rings (SSSR count). The number of hydrogen-bond donors (Lipinski definition) is 4. The maximum absolute atomic E-state index is 14.8. The number of rotatable bonds is 15. The highest BCUT2D eigenvalue weighted by atomic mass is 16.6. The number of carbonyl (C=O) groups excluding carboxylic acids is 6. The van der Waals surface area contributed by atoms with Gasteiger partial charge in [0.2, 0.25) is 23.5 Å². The van der Waals surface area contributed by atoms with Gasteiger partial charge in [-0.1, -0.05) is 72.3 Å². The Morgan fingerprint density at radius 3 is 2.33 bits per heavy atom. The molecule has 0 spiro atoms. The number of Topliss-reactive ketones (excluding diaryl/α,β-unsaturated/α-hetero) is 1. The third-order valence-corrected chi connectivity index (χ3v) is 10.3. The van der Waals surface area contributed by atoms with Crippen molar-refractivity contribution in [3.8, 4) is 0 Å². The summed E-state index contributed by atoms with van der Waals surface area (Å²) >= 11 is 0. The van der Waals surface area contributed by atoms with Crippen molar-refractivity contribution >= 4 is 35.3 Å². The van der Waals surface area contributed by atoms with E-state index in [9.17, 15) is 28.8 Å². The lowest BCUT2D eigenvalue weighted by atomic mass is 9.81. The van der Waals surface area contributed by atoms with Crippen LogP contribution >= 0.6 is 0 Å². The molecule has 280 valence electrons. The summed E-state index contributed by atoms with van der Waals surface area (Å²) in [5.41, 5.74) is 1.41. The first-order chi connectivity index (χ1) is 24.4. The normalized spacial score (nSPS) is 22.4. The molecule has 1 aromatic rings. The Labute approximate surface area is 300 Å². The van der Waals surface area contributed by atoms with Gasteiger partial charge in [-0.3, -0.25) is 38.6 Å². The minimum Gasteiger partial charge on any atom is -0.344 e. The minimum atomic E-state index is -1.11. The summed E-state index contributed by atoms with van der Waals surface area (Å²) in [4.78, 5) is 96.6. The van der Waals surface area contributed by atoms with Gasteiger partial charge in [0, 0.05) is 18.4 Å². The molecule has 3 fully saturated rings. The zero-order valence-electron chi connectivity index (χ0n) is 30.4. The molecule has 1 saturated heterocycles. The van der Waals surface area contributed by atoms with Crippen LogP contribution in [0.2, 0.25) is 0 Å². The number of carbonyl (C=O) groups is 6. The number of nitrogens with zero attached hydrogens (tertiary/aromatic N) is 3. The molecule has 0 radical (unpaired) electrons. The van der Waals surface area contributed by atoms with Crippen LogP contribution < -0.4 is 21.4 Å². The number of amides is 5. The van der Waals surface area contributed by atoms with E-state index in [0.717, 1.165) is 51.4 Å². The average molecular weight is 710 g/mol. The summed E-state index contributed by atoms with van der Waals surface area (Å²) in [7, 11) is 0. The Bertz CT molecular complexity index is 1410. The molecular weight excluding hydrogens is 654 g/mol. The Morgan fingerprint density at radius 2 is 1.69 bits per heavy atom. The van der Waals surface area contributed by atoms with E-state index >= 15 is 0 Å². The van der Waals surface area contributed by atoms with E-state index in [1.807, 2.05) is 27.7 Å². The molecule has 2 heterocycles. The summed E-state index contributed by atoms with van der Waals surface area (Å²) in [6, 6.07) is -4.15. The van der Waals surface area contributed by atoms with Crippen molar-refractivity contribution in [3.05, 3.63) is 36.9 Å². The SMILES string of the molecule is C=CCONC(=O)C(=O)C(CCC)NC(=O)[C@@H]1C[C@@H]2CCCC[C@@H]2N1C(=O)[C@@H](NC(=O)[C@@H](NC(=O)c1cnccn1)C1CCCCC1)C(C)(C)C. The molecule has 6 atom stereocenters. The lowest BCUT2D eigenvalue weighted by molar-refractivity contribution is -0.149. The Balaban J connectivity index is 1.59. The fraction of sp³-hybridized carbons (Fsp3) is 0.676. The van der Waals surface area contributed by atoms with Gasteiger partial charge in [0.05, 0.1) is 18.8 Å². The molecule has 51 heavy (non-hydrogen) atoms. The topological polar surface area (TPSA) is 189 Å². The molecule has 4 N–H and O–H groups in total. The van der Waals surface area contributed by atoms with Gasteiger partial charge in [-0.05, 0) is 55.8 Å². The second-order valence-electron chi connectivity index (χ2n) is 15.1. The predicted octanol–water partition coefficient (Wildman–Crippen LogP) is 2.93. The van der Waals surface area contributed by atoms with Crippen LogP contribution in [0.4, 0.5) is 0 Å². The van der Waals surface area contributed by atoms with Gasteiger partial charge < -0.3 is 20.9 Å². The number of hydrogen-bond acceptors (Lipinski definition) is 9. The van der Waals surface area contributed by atoms with Crippen molar-refractivity contribution in [2.24, 2.45) is 17.3 Å². The lowest BCUT2D eigenvalue weighted by Crippen LogP contribution is -2.63. The first-order valence-electron chi connectivity index (χ1n) is 18.4. The Kier molecular flexibility index (Phi) is 14.2. The van der Waals surface area contributed by atoms with Gasteiger partial charge >= 0.3 is 5.91 Å². The maximum atomic E-state index is 14.8. The summed E-state index contributed by atoms with van der Waals surface area (Å²) in [6.07, 6.45) is 14.6. The van der Waals surface area contributed by atoms with E-state index in [1.165, 1.54) is 24.7 Å². The smallest absolute Gasteiger partial charge is 0.313 e. The fourth-order valence-electron chi connectivity index (χ4n) is 7.74. The summed E-state index contributed by atoms with van der Waals surface area (Å²) < 4.78 is 0. The van der Waals surface area contributed by atoms with Crippen molar-refractivity contribution in [1.29, 1.82) is 0 Å². The van der Waals surface area contributed by atoms with Crippen molar-refractivity contribution in [2.45, 2.75) is 135 Å². The third-order valence-electron chi connectivity index (χ3n) is 10.3. The van der Waals surface area contributed by atoms with Crippen molar-refractivity contribution in [2.75, 3.05) is 6.61 Å². The second-order valence-corrected chi connectivity index (χ2v) is 15.1. The van der Waals surface area contributed by atoms with Crippen LogP contribution in [0.15, 0.2) is 31.2 Å².